The topological polar surface area (TPSA) is 86.0 Å². The number of fused-ring (bicyclic) bond motifs is 2. The molecule has 1 amide bonds. The second-order valence-electron chi connectivity index (χ2n) is 6.66. The average molecular weight is 408 g/mol. The number of thiazole rings is 1. The molecule has 2 aromatic heterocycles. The summed E-state index contributed by atoms with van der Waals surface area (Å²) in [5, 5.41) is 3.68. The molecule has 0 aliphatic rings. The lowest BCUT2D eigenvalue weighted by Gasteiger charge is -2.12. The summed E-state index contributed by atoms with van der Waals surface area (Å²) < 4.78 is 3.47. The van der Waals surface area contributed by atoms with E-state index in [9.17, 15) is 14.4 Å². The Balaban J connectivity index is 1.68. The predicted molar refractivity (Wildman–Crippen MR) is 116 cm³/mol. The lowest BCUT2D eigenvalue weighted by atomic mass is 10.2. The summed E-state index contributed by atoms with van der Waals surface area (Å²) in [4.78, 5) is 42.4. The van der Waals surface area contributed by atoms with Crippen LogP contribution in [0.4, 0.5) is 5.13 Å². The van der Waals surface area contributed by atoms with E-state index in [4.69, 9.17) is 0 Å². The van der Waals surface area contributed by atoms with Crippen LogP contribution in [0, 0.1) is 0 Å². The molecule has 29 heavy (non-hydrogen) atoms. The SMILES string of the molecule is CCc1ccc2nc(NC(=O)Cn3c(=O)n(CC)c(=O)c4ccccc43)sc2c1. The highest BCUT2D eigenvalue weighted by molar-refractivity contribution is 7.22. The van der Waals surface area contributed by atoms with E-state index in [2.05, 4.69) is 23.3 Å². The number of hydrogen-bond donors (Lipinski definition) is 1. The minimum absolute atomic E-state index is 0.199. The number of hydrogen-bond acceptors (Lipinski definition) is 5. The molecule has 0 saturated heterocycles. The zero-order chi connectivity index (χ0) is 20.5. The van der Waals surface area contributed by atoms with Crippen molar-refractivity contribution in [1.29, 1.82) is 0 Å². The molecule has 8 heteroatoms. The number of nitrogens with zero attached hydrogens (tertiary/aromatic N) is 3. The van der Waals surface area contributed by atoms with Gasteiger partial charge < -0.3 is 5.32 Å². The fraction of sp³-hybridized carbons (Fsp3) is 0.238. The molecule has 0 saturated carbocycles. The Morgan fingerprint density at radius 3 is 2.66 bits per heavy atom. The highest BCUT2D eigenvalue weighted by atomic mass is 32.1. The number of anilines is 1. The molecule has 2 heterocycles. The van der Waals surface area contributed by atoms with E-state index in [1.165, 1.54) is 21.5 Å². The predicted octanol–water partition coefficient (Wildman–Crippen LogP) is 2.99. The zero-order valence-corrected chi connectivity index (χ0v) is 17.0. The van der Waals surface area contributed by atoms with E-state index in [1.807, 2.05) is 12.1 Å². The number of benzene rings is 2. The molecule has 7 nitrogen and oxygen atoms in total. The molecule has 0 aliphatic heterocycles. The Morgan fingerprint density at radius 2 is 1.90 bits per heavy atom. The van der Waals surface area contributed by atoms with Gasteiger partial charge in [0.1, 0.15) is 6.54 Å². The minimum atomic E-state index is -0.497. The van der Waals surface area contributed by atoms with E-state index in [1.54, 1.807) is 31.2 Å². The van der Waals surface area contributed by atoms with Crippen LogP contribution in [0.3, 0.4) is 0 Å². The van der Waals surface area contributed by atoms with Gasteiger partial charge in [-0.05, 0) is 43.2 Å². The fourth-order valence-corrected chi connectivity index (χ4v) is 4.29. The number of carbonyl (C=O) groups is 1. The van der Waals surface area contributed by atoms with Crippen molar-refractivity contribution in [3.8, 4) is 0 Å². The summed E-state index contributed by atoms with van der Waals surface area (Å²) in [5.41, 5.74) is 1.63. The molecule has 0 atom stereocenters. The van der Waals surface area contributed by atoms with E-state index in [0.717, 1.165) is 21.2 Å². The monoisotopic (exact) mass is 408 g/mol. The van der Waals surface area contributed by atoms with Crippen LogP contribution in [0.15, 0.2) is 52.1 Å². The molecule has 0 fully saturated rings. The molecule has 148 valence electrons. The van der Waals surface area contributed by atoms with Crippen LogP contribution >= 0.6 is 11.3 Å². The lowest BCUT2D eigenvalue weighted by Crippen LogP contribution is -2.41. The van der Waals surface area contributed by atoms with Gasteiger partial charge in [0.2, 0.25) is 5.91 Å². The number of carbonyl (C=O) groups excluding carboxylic acids is 1. The van der Waals surface area contributed by atoms with Crippen LogP contribution < -0.4 is 16.6 Å². The molecule has 4 aromatic rings. The lowest BCUT2D eigenvalue weighted by molar-refractivity contribution is -0.116. The van der Waals surface area contributed by atoms with Gasteiger partial charge in [0.05, 0.1) is 21.1 Å². The quantitative estimate of drug-likeness (QED) is 0.550. The summed E-state index contributed by atoms with van der Waals surface area (Å²) in [7, 11) is 0. The minimum Gasteiger partial charge on any atom is -0.300 e. The maximum atomic E-state index is 12.8. The van der Waals surface area contributed by atoms with Crippen molar-refractivity contribution in [2.24, 2.45) is 0 Å². The van der Waals surface area contributed by atoms with Gasteiger partial charge in [0, 0.05) is 6.54 Å². The maximum absolute atomic E-state index is 12.8. The first-order chi connectivity index (χ1) is 14.0. The van der Waals surface area contributed by atoms with Gasteiger partial charge >= 0.3 is 5.69 Å². The van der Waals surface area contributed by atoms with Gasteiger partial charge in [0.15, 0.2) is 5.13 Å². The van der Waals surface area contributed by atoms with Crippen LogP contribution in [-0.2, 0) is 24.3 Å². The molecule has 2 aromatic carbocycles. The Morgan fingerprint density at radius 1 is 1.10 bits per heavy atom. The smallest absolute Gasteiger partial charge is 0.300 e. The number of aromatic nitrogens is 3. The molecule has 0 radical (unpaired) electrons. The molecular weight excluding hydrogens is 388 g/mol. The second kappa shape index (κ2) is 7.63. The summed E-state index contributed by atoms with van der Waals surface area (Å²) in [6.07, 6.45) is 0.929. The maximum Gasteiger partial charge on any atom is 0.331 e. The third-order valence-corrected chi connectivity index (χ3v) is 5.79. The number of amides is 1. The highest BCUT2D eigenvalue weighted by Gasteiger charge is 2.15. The zero-order valence-electron chi connectivity index (χ0n) is 16.1. The van der Waals surface area contributed by atoms with Gasteiger partial charge in [-0.25, -0.2) is 9.78 Å². The first-order valence-electron chi connectivity index (χ1n) is 9.43. The first kappa shape index (κ1) is 19.1. The average Bonchev–Trinajstić information content (AvgIpc) is 3.12. The van der Waals surface area contributed by atoms with Crippen molar-refractivity contribution >= 4 is 43.5 Å². The standard InChI is InChI=1S/C21H20N4O3S/c1-3-13-9-10-15-17(11-13)29-20(22-15)23-18(26)12-25-16-8-6-5-7-14(16)19(27)24(4-2)21(25)28/h5-11H,3-4,12H2,1-2H3,(H,22,23,26). The van der Waals surface area contributed by atoms with Crippen LogP contribution in [0.1, 0.15) is 19.4 Å². The molecule has 0 bridgehead atoms. The van der Waals surface area contributed by atoms with Crippen LogP contribution in [-0.4, -0.2) is 20.0 Å². The van der Waals surface area contributed by atoms with Crippen molar-refractivity contribution in [1.82, 2.24) is 14.1 Å². The van der Waals surface area contributed by atoms with E-state index >= 15 is 0 Å². The molecule has 0 aliphatic carbocycles. The summed E-state index contributed by atoms with van der Waals surface area (Å²) >= 11 is 1.40. The number of aryl methyl sites for hydroxylation is 1. The Kier molecular flexibility index (Phi) is 5.02. The first-order valence-corrected chi connectivity index (χ1v) is 10.2. The summed E-state index contributed by atoms with van der Waals surface area (Å²) in [6, 6.07) is 12.8. The van der Waals surface area contributed by atoms with Crippen molar-refractivity contribution in [2.45, 2.75) is 33.4 Å². The Hall–Kier alpha value is -3.26. The van der Waals surface area contributed by atoms with Gasteiger partial charge in [0.25, 0.3) is 5.56 Å². The van der Waals surface area contributed by atoms with Crippen molar-refractivity contribution in [3.63, 3.8) is 0 Å². The largest absolute Gasteiger partial charge is 0.331 e. The second-order valence-corrected chi connectivity index (χ2v) is 7.69. The fourth-order valence-electron chi connectivity index (χ4n) is 3.35. The van der Waals surface area contributed by atoms with Crippen LogP contribution in [0.2, 0.25) is 0 Å². The van der Waals surface area contributed by atoms with E-state index in [-0.39, 0.29) is 24.6 Å². The molecule has 0 spiro atoms. The van der Waals surface area contributed by atoms with Gasteiger partial charge in [-0.1, -0.05) is 36.5 Å². The van der Waals surface area contributed by atoms with Gasteiger partial charge in [-0.15, -0.1) is 0 Å². The van der Waals surface area contributed by atoms with Crippen LogP contribution in [0.25, 0.3) is 21.1 Å². The Bertz CT molecular complexity index is 1350. The summed E-state index contributed by atoms with van der Waals surface area (Å²) in [6.45, 7) is 3.86. The third kappa shape index (κ3) is 3.47. The number of para-hydroxylation sites is 1. The number of nitrogens with one attached hydrogen (secondary N) is 1. The van der Waals surface area contributed by atoms with Crippen molar-refractivity contribution in [3.05, 3.63) is 68.9 Å². The van der Waals surface area contributed by atoms with Gasteiger partial charge in [-0.2, -0.15) is 0 Å². The van der Waals surface area contributed by atoms with E-state index < -0.39 is 5.69 Å². The van der Waals surface area contributed by atoms with Gasteiger partial charge in [-0.3, -0.25) is 18.7 Å². The molecular formula is C21H20N4O3S. The summed E-state index contributed by atoms with van der Waals surface area (Å²) in [5.74, 6) is -0.367. The molecule has 1 N–H and O–H groups in total. The third-order valence-electron chi connectivity index (χ3n) is 4.86. The van der Waals surface area contributed by atoms with Crippen molar-refractivity contribution in [2.75, 3.05) is 5.32 Å². The van der Waals surface area contributed by atoms with Crippen LogP contribution in [0.5, 0.6) is 0 Å². The number of rotatable bonds is 5. The molecule has 0 unspecified atom stereocenters. The van der Waals surface area contributed by atoms with E-state index in [0.29, 0.717) is 16.0 Å². The highest BCUT2D eigenvalue weighted by Crippen LogP contribution is 2.27. The van der Waals surface area contributed by atoms with Crippen molar-refractivity contribution < 1.29 is 4.79 Å². The normalized spacial score (nSPS) is 11.2. The Labute approximate surface area is 170 Å². The molecule has 4 rings (SSSR count).